The molecule has 2 rings (SSSR count). The van der Waals surface area contributed by atoms with Crippen molar-refractivity contribution >= 4 is 17.9 Å². The lowest BCUT2D eigenvalue weighted by atomic mass is 10.2. The number of likely N-dealkylation sites (N-methyl/N-ethyl adjacent to an activating group) is 1. The smallest absolute Gasteiger partial charge is 0.410 e. The zero-order valence-electron chi connectivity index (χ0n) is 17.6. The molecule has 0 aliphatic carbocycles. The quantitative estimate of drug-likeness (QED) is 0.687. The van der Waals surface area contributed by atoms with Crippen LogP contribution in [0.1, 0.15) is 38.1 Å². The van der Waals surface area contributed by atoms with Crippen LogP contribution in [0.15, 0.2) is 18.3 Å². The van der Waals surface area contributed by atoms with Crippen molar-refractivity contribution < 1.29 is 19.1 Å². The van der Waals surface area contributed by atoms with Crippen LogP contribution in [0, 0.1) is 0 Å². The van der Waals surface area contributed by atoms with Gasteiger partial charge in [-0.25, -0.2) is 14.6 Å². The lowest BCUT2D eigenvalue weighted by Crippen LogP contribution is -2.49. The van der Waals surface area contributed by atoms with Crippen molar-refractivity contribution in [3.63, 3.8) is 0 Å². The number of anilines is 1. The van der Waals surface area contributed by atoms with Crippen molar-refractivity contribution in [2.75, 3.05) is 57.8 Å². The number of piperazine rings is 1. The number of ether oxygens (including phenoxy) is 2. The van der Waals surface area contributed by atoms with Crippen LogP contribution in [-0.2, 0) is 9.47 Å². The second-order valence-corrected chi connectivity index (χ2v) is 7.86. The van der Waals surface area contributed by atoms with Gasteiger partial charge in [0, 0.05) is 52.5 Å². The first-order valence-corrected chi connectivity index (χ1v) is 9.74. The minimum Gasteiger partial charge on any atom is -0.462 e. The van der Waals surface area contributed by atoms with E-state index in [1.807, 2.05) is 26.8 Å². The fourth-order valence-electron chi connectivity index (χ4n) is 2.83. The third kappa shape index (κ3) is 6.67. The van der Waals surface area contributed by atoms with Crippen molar-refractivity contribution in [2.45, 2.75) is 33.3 Å². The molecule has 0 saturated carbocycles. The van der Waals surface area contributed by atoms with E-state index in [0.29, 0.717) is 18.7 Å². The van der Waals surface area contributed by atoms with E-state index < -0.39 is 5.60 Å². The summed E-state index contributed by atoms with van der Waals surface area (Å²) in [5, 5.41) is 0. The molecule has 8 nitrogen and oxygen atoms in total. The highest BCUT2D eigenvalue weighted by Crippen LogP contribution is 2.15. The Labute approximate surface area is 167 Å². The second kappa shape index (κ2) is 9.73. The van der Waals surface area contributed by atoms with Gasteiger partial charge in [0.2, 0.25) is 0 Å². The van der Waals surface area contributed by atoms with Gasteiger partial charge < -0.3 is 19.3 Å². The Kier molecular flexibility index (Phi) is 7.62. The van der Waals surface area contributed by atoms with Crippen LogP contribution in [0.3, 0.4) is 0 Å². The number of rotatable bonds is 6. The van der Waals surface area contributed by atoms with Gasteiger partial charge in [0.25, 0.3) is 0 Å². The fourth-order valence-corrected chi connectivity index (χ4v) is 2.83. The summed E-state index contributed by atoms with van der Waals surface area (Å²) in [7, 11) is 1.76. The molecule has 0 N–H and O–H groups in total. The largest absolute Gasteiger partial charge is 0.462 e. The molecule has 1 aromatic heterocycles. The van der Waals surface area contributed by atoms with E-state index in [1.54, 1.807) is 31.1 Å². The van der Waals surface area contributed by atoms with Crippen molar-refractivity contribution in [1.82, 2.24) is 14.8 Å². The van der Waals surface area contributed by atoms with Gasteiger partial charge in [-0.05, 0) is 39.8 Å². The van der Waals surface area contributed by atoms with Crippen LogP contribution >= 0.6 is 0 Å². The molecule has 1 aliphatic rings. The van der Waals surface area contributed by atoms with Crippen LogP contribution < -0.4 is 4.90 Å². The Morgan fingerprint density at radius 2 is 1.86 bits per heavy atom. The van der Waals surface area contributed by atoms with E-state index in [2.05, 4.69) is 14.8 Å². The molecule has 1 aromatic rings. The summed E-state index contributed by atoms with van der Waals surface area (Å²) >= 11 is 0. The maximum atomic E-state index is 12.0. The zero-order valence-corrected chi connectivity index (χ0v) is 17.6. The predicted molar refractivity (Wildman–Crippen MR) is 108 cm³/mol. The molecular weight excluding hydrogens is 360 g/mol. The SMILES string of the molecule is CCOC(=O)c1ccc(N2CCN(CCN(C)C(=O)OC(C)(C)C)CC2)nc1. The number of nitrogens with zero attached hydrogens (tertiary/aromatic N) is 4. The average molecular weight is 393 g/mol. The van der Waals surface area contributed by atoms with Gasteiger partial charge in [0.1, 0.15) is 11.4 Å². The topological polar surface area (TPSA) is 75.2 Å². The number of carbonyl (C=O) groups excluding carboxylic acids is 2. The van der Waals surface area contributed by atoms with Crippen LogP contribution in [0.4, 0.5) is 10.6 Å². The van der Waals surface area contributed by atoms with Gasteiger partial charge in [0.05, 0.1) is 12.2 Å². The third-order valence-electron chi connectivity index (χ3n) is 4.41. The number of aromatic nitrogens is 1. The summed E-state index contributed by atoms with van der Waals surface area (Å²) in [6, 6.07) is 3.61. The fraction of sp³-hybridized carbons (Fsp3) is 0.650. The molecule has 0 aromatic carbocycles. The molecule has 0 atom stereocenters. The molecule has 0 unspecified atom stereocenters. The normalized spacial score (nSPS) is 15.2. The monoisotopic (exact) mass is 392 g/mol. The lowest BCUT2D eigenvalue weighted by Gasteiger charge is -2.36. The Bertz CT molecular complexity index is 649. The zero-order chi connectivity index (χ0) is 20.7. The van der Waals surface area contributed by atoms with E-state index in [9.17, 15) is 9.59 Å². The van der Waals surface area contributed by atoms with E-state index in [0.717, 1.165) is 38.5 Å². The van der Waals surface area contributed by atoms with Crippen LogP contribution in [0.2, 0.25) is 0 Å². The van der Waals surface area contributed by atoms with Crippen molar-refractivity contribution in [2.24, 2.45) is 0 Å². The van der Waals surface area contributed by atoms with E-state index >= 15 is 0 Å². The lowest BCUT2D eigenvalue weighted by molar-refractivity contribution is 0.0282. The standard InChI is InChI=1S/C20H32N4O4/c1-6-27-18(25)16-7-8-17(21-15-16)24-13-11-23(12-14-24)10-9-22(5)19(26)28-20(2,3)4/h7-8,15H,6,9-14H2,1-5H3. The number of amides is 1. The summed E-state index contributed by atoms with van der Waals surface area (Å²) in [5.74, 6) is 0.513. The molecule has 0 radical (unpaired) electrons. The molecule has 28 heavy (non-hydrogen) atoms. The first-order chi connectivity index (χ1) is 13.2. The molecule has 1 saturated heterocycles. The molecule has 2 heterocycles. The first kappa shape index (κ1) is 21.9. The van der Waals surface area contributed by atoms with E-state index in [4.69, 9.17) is 9.47 Å². The molecular formula is C20H32N4O4. The maximum Gasteiger partial charge on any atom is 0.410 e. The Hall–Kier alpha value is -2.35. The van der Waals surface area contributed by atoms with Gasteiger partial charge in [-0.1, -0.05) is 0 Å². The van der Waals surface area contributed by atoms with Crippen molar-refractivity contribution in [3.8, 4) is 0 Å². The molecule has 0 spiro atoms. The van der Waals surface area contributed by atoms with Gasteiger partial charge in [-0.3, -0.25) is 4.90 Å². The Morgan fingerprint density at radius 3 is 2.39 bits per heavy atom. The second-order valence-electron chi connectivity index (χ2n) is 7.86. The van der Waals surface area contributed by atoms with Crippen LogP contribution in [-0.4, -0.2) is 85.4 Å². The molecule has 156 valence electrons. The van der Waals surface area contributed by atoms with Crippen LogP contribution in [0.25, 0.3) is 0 Å². The summed E-state index contributed by atoms with van der Waals surface area (Å²) < 4.78 is 10.4. The molecule has 1 aliphatic heterocycles. The van der Waals surface area contributed by atoms with Gasteiger partial charge in [-0.15, -0.1) is 0 Å². The molecule has 1 amide bonds. The number of hydrogen-bond donors (Lipinski definition) is 0. The Balaban J connectivity index is 1.76. The predicted octanol–water partition coefficient (Wildman–Crippen LogP) is 2.25. The van der Waals surface area contributed by atoms with Crippen LogP contribution in [0.5, 0.6) is 0 Å². The minimum absolute atomic E-state index is 0.294. The summed E-state index contributed by atoms with van der Waals surface area (Å²) in [6.45, 7) is 12.6. The summed E-state index contributed by atoms with van der Waals surface area (Å²) in [6.07, 6.45) is 1.27. The highest BCUT2D eigenvalue weighted by atomic mass is 16.6. The molecule has 0 bridgehead atoms. The minimum atomic E-state index is -0.479. The van der Waals surface area contributed by atoms with Gasteiger partial charge >= 0.3 is 12.1 Å². The number of hydrogen-bond acceptors (Lipinski definition) is 7. The summed E-state index contributed by atoms with van der Waals surface area (Å²) in [5.41, 5.74) is -0.0123. The van der Waals surface area contributed by atoms with Gasteiger partial charge in [-0.2, -0.15) is 0 Å². The third-order valence-corrected chi connectivity index (χ3v) is 4.41. The van der Waals surface area contributed by atoms with E-state index in [-0.39, 0.29) is 12.1 Å². The van der Waals surface area contributed by atoms with Crippen molar-refractivity contribution in [1.29, 1.82) is 0 Å². The summed E-state index contributed by atoms with van der Waals surface area (Å²) in [4.78, 5) is 34.3. The number of pyridine rings is 1. The van der Waals surface area contributed by atoms with E-state index in [1.165, 1.54) is 0 Å². The first-order valence-electron chi connectivity index (χ1n) is 9.74. The average Bonchev–Trinajstić information content (AvgIpc) is 2.65. The maximum absolute atomic E-state index is 12.0. The highest BCUT2D eigenvalue weighted by molar-refractivity contribution is 5.89. The van der Waals surface area contributed by atoms with Gasteiger partial charge in [0.15, 0.2) is 0 Å². The number of carbonyl (C=O) groups is 2. The molecule has 8 heteroatoms. The Morgan fingerprint density at radius 1 is 1.18 bits per heavy atom. The number of esters is 1. The van der Waals surface area contributed by atoms with Crippen molar-refractivity contribution in [3.05, 3.63) is 23.9 Å². The molecule has 1 fully saturated rings. The highest BCUT2D eigenvalue weighted by Gasteiger charge is 2.22.